The number of nitrogens with zero attached hydrogens (tertiary/aromatic N) is 1. The summed E-state index contributed by atoms with van der Waals surface area (Å²) in [7, 11) is -2.20. The second-order valence-electron chi connectivity index (χ2n) is 5.60. The van der Waals surface area contributed by atoms with Crippen molar-refractivity contribution in [3.8, 4) is 0 Å². The van der Waals surface area contributed by atoms with Crippen LogP contribution in [0.25, 0.3) is 0 Å². The Morgan fingerprint density at radius 2 is 1.79 bits per heavy atom. The summed E-state index contributed by atoms with van der Waals surface area (Å²) in [5.41, 5.74) is 0. The van der Waals surface area contributed by atoms with Crippen molar-refractivity contribution in [2.24, 2.45) is 11.8 Å². The number of esters is 1. The van der Waals surface area contributed by atoms with Gasteiger partial charge in [-0.15, -0.1) is 0 Å². The lowest BCUT2D eigenvalue weighted by Crippen LogP contribution is -2.49. The van der Waals surface area contributed by atoms with E-state index in [4.69, 9.17) is 4.74 Å². The molecule has 2 unspecified atom stereocenters. The fraction of sp³-hybridized carbons (Fsp3) is 0.833. The first-order valence-corrected chi connectivity index (χ1v) is 7.98. The van der Waals surface area contributed by atoms with Gasteiger partial charge in [-0.3, -0.25) is 9.59 Å². The number of hydrogen-bond acceptors (Lipinski definition) is 5. The maximum Gasteiger partial charge on any atom is 0.310 e. The Balaban J connectivity index is 2.91. The molecule has 1 aliphatic heterocycles. The quantitative estimate of drug-likeness (QED) is 0.688. The zero-order chi connectivity index (χ0) is 15.0. The van der Waals surface area contributed by atoms with Crippen molar-refractivity contribution < 1.29 is 22.7 Å². The van der Waals surface area contributed by atoms with E-state index >= 15 is 0 Å². The fourth-order valence-electron chi connectivity index (χ4n) is 2.13. The number of carbonyl (C=O) groups excluding carboxylic acids is 2. The van der Waals surface area contributed by atoms with Crippen LogP contribution in [0.3, 0.4) is 0 Å². The third-order valence-electron chi connectivity index (χ3n) is 3.85. The van der Waals surface area contributed by atoms with Crippen LogP contribution in [0.15, 0.2) is 0 Å². The minimum atomic E-state index is -3.51. The highest BCUT2D eigenvalue weighted by Gasteiger charge is 2.46. The lowest BCUT2D eigenvalue weighted by atomic mass is 9.99. The third-order valence-corrected chi connectivity index (χ3v) is 5.87. The van der Waals surface area contributed by atoms with E-state index in [1.165, 1.54) is 25.9 Å². The van der Waals surface area contributed by atoms with Crippen molar-refractivity contribution >= 4 is 21.7 Å². The number of ether oxygens (including phenoxy) is 1. The van der Waals surface area contributed by atoms with Crippen LogP contribution in [-0.2, 0) is 24.2 Å². The maximum atomic E-state index is 12.3. The number of likely N-dealkylation sites (tertiary alicyclic amines) is 1. The number of hydrogen-bond donors (Lipinski definition) is 0. The largest absolute Gasteiger partial charge is 0.469 e. The van der Waals surface area contributed by atoms with E-state index < -0.39 is 20.5 Å². The van der Waals surface area contributed by atoms with Gasteiger partial charge in [0.05, 0.1) is 13.0 Å². The molecule has 1 fully saturated rings. The normalized spacial score (nSPS) is 24.4. The highest BCUT2D eigenvalue weighted by molar-refractivity contribution is 7.92. The molecule has 0 aliphatic carbocycles. The SMILES string of the molecule is COC(=O)C1CN(C(=O)C(C)(C)S(C)(=O)=O)CC1C. The Kier molecular flexibility index (Phi) is 4.29. The Bertz CT molecular complexity index is 482. The zero-order valence-corrected chi connectivity index (χ0v) is 12.8. The molecule has 1 aliphatic rings. The van der Waals surface area contributed by atoms with Gasteiger partial charge in [0.15, 0.2) is 9.84 Å². The van der Waals surface area contributed by atoms with Gasteiger partial charge in [0.2, 0.25) is 5.91 Å². The van der Waals surface area contributed by atoms with Gasteiger partial charge in [-0.2, -0.15) is 0 Å². The summed E-state index contributed by atoms with van der Waals surface area (Å²) in [5, 5.41) is 0. The summed E-state index contributed by atoms with van der Waals surface area (Å²) < 4.78 is 26.5. The molecule has 1 amide bonds. The highest BCUT2D eigenvalue weighted by Crippen LogP contribution is 2.28. The Labute approximate surface area is 114 Å². The molecule has 0 spiro atoms. The second-order valence-corrected chi connectivity index (χ2v) is 8.16. The van der Waals surface area contributed by atoms with Crippen molar-refractivity contribution in [2.45, 2.75) is 25.5 Å². The Hall–Kier alpha value is -1.11. The molecular weight excluding hydrogens is 270 g/mol. The molecule has 7 heteroatoms. The van der Waals surface area contributed by atoms with Crippen LogP contribution in [0.5, 0.6) is 0 Å². The first kappa shape index (κ1) is 15.9. The fourth-order valence-corrected chi connectivity index (χ4v) is 2.58. The van der Waals surface area contributed by atoms with E-state index in [1.807, 2.05) is 6.92 Å². The van der Waals surface area contributed by atoms with E-state index in [1.54, 1.807) is 0 Å². The maximum absolute atomic E-state index is 12.3. The number of sulfone groups is 1. The molecule has 1 saturated heterocycles. The monoisotopic (exact) mass is 291 g/mol. The van der Waals surface area contributed by atoms with Gasteiger partial charge >= 0.3 is 5.97 Å². The van der Waals surface area contributed by atoms with Crippen molar-refractivity contribution in [1.82, 2.24) is 4.90 Å². The van der Waals surface area contributed by atoms with Gasteiger partial charge in [0.1, 0.15) is 4.75 Å². The van der Waals surface area contributed by atoms with Crippen molar-refractivity contribution in [1.29, 1.82) is 0 Å². The van der Waals surface area contributed by atoms with Gasteiger partial charge in [-0.05, 0) is 19.8 Å². The first-order chi connectivity index (χ1) is 8.52. The second kappa shape index (κ2) is 5.11. The topological polar surface area (TPSA) is 80.8 Å². The van der Waals surface area contributed by atoms with Gasteiger partial charge in [0, 0.05) is 19.3 Å². The van der Waals surface area contributed by atoms with Gasteiger partial charge in [-0.25, -0.2) is 8.42 Å². The van der Waals surface area contributed by atoms with Crippen LogP contribution in [0.4, 0.5) is 0 Å². The van der Waals surface area contributed by atoms with Crippen LogP contribution in [0.2, 0.25) is 0 Å². The van der Waals surface area contributed by atoms with E-state index in [9.17, 15) is 18.0 Å². The van der Waals surface area contributed by atoms with Crippen molar-refractivity contribution in [2.75, 3.05) is 26.5 Å². The van der Waals surface area contributed by atoms with Crippen molar-refractivity contribution in [3.63, 3.8) is 0 Å². The lowest BCUT2D eigenvalue weighted by molar-refractivity contribution is -0.146. The van der Waals surface area contributed by atoms with E-state index in [0.29, 0.717) is 6.54 Å². The molecule has 1 heterocycles. The molecule has 110 valence electrons. The molecule has 19 heavy (non-hydrogen) atoms. The van der Waals surface area contributed by atoms with Crippen molar-refractivity contribution in [3.05, 3.63) is 0 Å². The van der Waals surface area contributed by atoms with Crippen LogP contribution in [0, 0.1) is 11.8 Å². The number of rotatable bonds is 3. The molecule has 0 aromatic rings. The van der Waals surface area contributed by atoms with Gasteiger partial charge in [0.25, 0.3) is 0 Å². The number of methoxy groups -OCH3 is 1. The molecule has 0 aromatic carbocycles. The number of carbonyl (C=O) groups is 2. The van der Waals surface area contributed by atoms with E-state index in [0.717, 1.165) is 6.26 Å². The standard InChI is InChI=1S/C12H21NO5S/c1-8-6-13(7-9(8)10(14)18-4)11(15)12(2,3)19(5,16)17/h8-9H,6-7H2,1-5H3. The van der Waals surface area contributed by atoms with Crippen LogP contribution in [-0.4, -0.2) is 56.4 Å². The molecule has 0 bridgehead atoms. The van der Waals surface area contributed by atoms with E-state index in [-0.39, 0.29) is 24.3 Å². The Morgan fingerprint density at radius 1 is 1.26 bits per heavy atom. The zero-order valence-electron chi connectivity index (χ0n) is 12.0. The Morgan fingerprint density at radius 3 is 2.21 bits per heavy atom. The summed E-state index contributed by atoms with van der Waals surface area (Å²) in [6.07, 6.45) is 1.04. The molecular formula is C12H21NO5S. The molecule has 0 aromatic heterocycles. The smallest absolute Gasteiger partial charge is 0.310 e. The molecule has 6 nitrogen and oxygen atoms in total. The average Bonchev–Trinajstić information content (AvgIpc) is 2.67. The molecule has 1 rings (SSSR count). The average molecular weight is 291 g/mol. The highest BCUT2D eigenvalue weighted by atomic mass is 32.2. The van der Waals surface area contributed by atoms with Crippen LogP contribution < -0.4 is 0 Å². The minimum Gasteiger partial charge on any atom is -0.469 e. The summed E-state index contributed by atoms with van der Waals surface area (Å²) >= 11 is 0. The van der Waals surface area contributed by atoms with E-state index in [2.05, 4.69) is 0 Å². The van der Waals surface area contributed by atoms with Gasteiger partial charge in [-0.1, -0.05) is 6.92 Å². The van der Waals surface area contributed by atoms with Crippen LogP contribution >= 0.6 is 0 Å². The third kappa shape index (κ3) is 2.91. The predicted molar refractivity (Wildman–Crippen MR) is 70.2 cm³/mol. The molecule has 2 atom stereocenters. The molecule has 0 N–H and O–H groups in total. The first-order valence-electron chi connectivity index (χ1n) is 6.09. The summed E-state index contributed by atoms with van der Waals surface area (Å²) in [6.45, 7) is 5.22. The summed E-state index contributed by atoms with van der Waals surface area (Å²) in [6, 6.07) is 0. The number of amides is 1. The lowest BCUT2D eigenvalue weighted by Gasteiger charge is -2.27. The molecule has 0 saturated carbocycles. The summed E-state index contributed by atoms with van der Waals surface area (Å²) in [4.78, 5) is 25.3. The molecule has 0 radical (unpaired) electrons. The van der Waals surface area contributed by atoms with Crippen LogP contribution in [0.1, 0.15) is 20.8 Å². The van der Waals surface area contributed by atoms with Gasteiger partial charge < -0.3 is 9.64 Å². The minimum absolute atomic E-state index is 0.0354. The predicted octanol–water partition coefficient (Wildman–Crippen LogP) is 0.0771. The summed E-state index contributed by atoms with van der Waals surface area (Å²) in [5.74, 6) is -1.25.